The Morgan fingerprint density at radius 3 is 1.83 bits per heavy atom. The molecule has 0 amide bonds. The van der Waals surface area contributed by atoms with E-state index in [0.29, 0.717) is 40.4 Å². The number of tetrazole rings is 2. The lowest BCUT2D eigenvalue weighted by Gasteiger charge is -2.24. The highest BCUT2D eigenvalue weighted by atomic mass is 16.3. The van der Waals surface area contributed by atoms with Crippen molar-refractivity contribution in [3.63, 3.8) is 0 Å². The predicted molar refractivity (Wildman–Crippen MR) is 155 cm³/mol. The molecule has 0 spiro atoms. The maximum atomic E-state index is 11.1. The smallest absolute Gasteiger partial charge is 0.173 e. The molecule has 14 nitrogen and oxygen atoms in total. The number of rotatable bonds is 10. The highest BCUT2D eigenvalue weighted by molar-refractivity contribution is 5.82. The quantitative estimate of drug-likeness (QED) is 0.167. The van der Waals surface area contributed by atoms with E-state index in [4.69, 9.17) is 0 Å². The van der Waals surface area contributed by atoms with E-state index < -0.39 is 5.92 Å². The van der Waals surface area contributed by atoms with Gasteiger partial charge in [-0.05, 0) is 99.9 Å². The highest BCUT2D eigenvalue weighted by Gasteiger charge is 2.24. The van der Waals surface area contributed by atoms with Crippen LogP contribution in [-0.4, -0.2) is 88.6 Å². The summed E-state index contributed by atoms with van der Waals surface area (Å²) in [6, 6.07) is 18.0. The predicted octanol–water partition coefficient (Wildman–Crippen LogP) is 2.06. The molecule has 42 heavy (non-hydrogen) atoms. The summed E-state index contributed by atoms with van der Waals surface area (Å²) < 4.78 is 0. The van der Waals surface area contributed by atoms with Crippen LogP contribution < -0.4 is 4.90 Å². The summed E-state index contributed by atoms with van der Waals surface area (Å²) in [5, 5.41) is 62.9. The van der Waals surface area contributed by atoms with Gasteiger partial charge >= 0.3 is 0 Å². The molecule has 0 saturated heterocycles. The van der Waals surface area contributed by atoms with Crippen molar-refractivity contribution in [1.29, 1.82) is 0 Å². The van der Waals surface area contributed by atoms with Crippen LogP contribution in [0.5, 0.6) is 11.5 Å². The van der Waals surface area contributed by atoms with Gasteiger partial charge in [-0.3, -0.25) is 0 Å². The molecule has 0 fully saturated rings. The fourth-order valence-corrected chi connectivity index (χ4v) is 4.43. The van der Waals surface area contributed by atoms with Crippen LogP contribution in [0.3, 0.4) is 0 Å². The maximum absolute atomic E-state index is 11.1. The molecule has 2 aromatic heterocycles. The number of anilines is 1. The zero-order valence-electron chi connectivity index (χ0n) is 23.2. The van der Waals surface area contributed by atoms with Crippen molar-refractivity contribution in [2.75, 3.05) is 25.1 Å². The Hall–Kier alpha value is -5.50. The fourth-order valence-electron chi connectivity index (χ4n) is 4.43. The third-order valence-corrected chi connectivity index (χ3v) is 6.64. The molecule has 0 aliphatic rings. The molecule has 0 atom stereocenters. The van der Waals surface area contributed by atoms with Crippen LogP contribution in [0.4, 0.5) is 5.69 Å². The number of benzene rings is 3. The minimum Gasteiger partial charge on any atom is -0.508 e. The molecular weight excluding hydrogens is 538 g/mol. The molecule has 0 radical (unpaired) electrons. The van der Waals surface area contributed by atoms with Crippen molar-refractivity contribution in [3.8, 4) is 11.5 Å². The molecule has 0 bridgehead atoms. The van der Waals surface area contributed by atoms with Crippen molar-refractivity contribution in [2.45, 2.75) is 19.8 Å². The second-order valence-electron chi connectivity index (χ2n) is 9.53. The van der Waals surface area contributed by atoms with Gasteiger partial charge in [0.15, 0.2) is 11.6 Å². The summed E-state index contributed by atoms with van der Waals surface area (Å²) in [5.41, 5.74) is 4.11. The Bertz CT molecular complexity index is 1640. The third-order valence-electron chi connectivity index (χ3n) is 6.64. The van der Waals surface area contributed by atoms with Gasteiger partial charge in [-0.15, -0.1) is 19.8 Å². The van der Waals surface area contributed by atoms with Crippen LogP contribution in [0.2, 0.25) is 0 Å². The number of aromatic nitrogens is 8. The van der Waals surface area contributed by atoms with Gasteiger partial charge in [0, 0.05) is 36.3 Å². The molecule has 214 valence electrons. The Morgan fingerprint density at radius 2 is 1.36 bits per heavy atom. The fraction of sp³-hybridized carbons (Fsp3) is 0.214. The second kappa shape index (κ2) is 12.3. The number of aliphatic hydroxyl groups is 1. The number of aromatic hydroxyl groups is 2. The standard InChI is InChI=1S/C28H29N11O3/c1-18-31-33-35-38(18)29-16-20-7-9-26(41)24(13-20)28(22-5-4-6-23(15-22)37(3)11-12-40)25-14-21(8-10-27(25)42)17-30-39-19(2)32-34-36-39/h4-10,13-17,28,40-42H,11-12H2,1-3H3/b29-16+,30-17+. The molecule has 2 heterocycles. The van der Waals surface area contributed by atoms with E-state index in [1.165, 1.54) is 9.58 Å². The summed E-state index contributed by atoms with van der Waals surface area (Å²) in [6.45, 7) is 3.90. The van der Waals surface area contributed by atoms with Crippen molar-refractivity contribution in [2.24, 2.45) is 10.2 Å². The van der Waals surface area contributed by atoms with E-state index in [1.54, 1.807) is 62.7 Å². The van der Waals surface area contributed by atoms with Crippen molar-refractivity contribution < 1.29 is 15.3 Å². The molecule has 5 rings (SSSR count). The molecule has 14 heteroatoms. The first-order chi connectivity index (χ1) is 20.3. The second-order valence-corrected chi connectivity index (χ2v) is 9.53. The number of likely N-dealkylation sites (N-methyl/N-ethyl adjacent to an activating group) is 1. The molecule has 0 saturated carbocycles. The first kappa shape index (κ1) is 28.0. The number of phenolic OH excluding ortho intramolecular Hbond substituents is 2. The van der Waals surface area contributed by atoms with E-state index in [0.717, 1.165) is 11.3 Å². The lowest BCUT2D eigenvalue weighted by molar-refractivity contribution is 0.304. The van der Waals surface area contributed by atoms with E-state index in [2.05, 4.69) is 41.3 Å². The van der Waals surface area contributed by atoms with Crippen LogP contribution in [0.15, 0.2) is 70.9 Å². The summed E-state index contributed by atoms with van der Waals surface area (Å²) in [4.78, 5) is 4.52. The van der Waals surface area contributed by atoms with Crippen molar-refractivity contribution >= 4 is 18.1 Å². The zero-order chi connectivity index (χ0) is 29.6. The third kappa shape index (κ3) is 6.13. The van der Waals surface area contributed by atoms with E-state index in [1.807, 2.05) is 36.2 Å². The van der Waals surface area contributed by atoms with Gasteiger partial charge in [0.2, 0.25) is 0 Å². The van der Waals surface area contributed by atoms with Gasteiger partial charge in [-0.1, -0.05) is 12.1 Å². The van der Waals surface area contributed by atoms with Crippen LogP contribution in [0.1, 0.15) is 45.4 Å². The topological polar surface area (TPSA) is 176 Å². The Kier molecular flexibility index (Phi) is 8.24. The summed E-state index contributed by atoms with van der Waals surface area (Å²) in [5.74, 6) is 0.512. The Morgan fingerprint density at radius 1 is 0.810 bits per heavy atom. The Labute approximate surface area is 240 Å². The molecule has 3 aromatic carbocycles. The summed E-state index contributed by atoms with van der Waals surface area (Å²) >= 11 is 0. The number of phenols is 2. The largest absolute Gasteiger partial charge is 0.508 e. The van der Waals surface area contributed by atoms with Crippen molar-refractivity contribution in [3.05, 3.63) is 100 Å². The number of nitrogens with zero attached hydrogens (tertiary/aromatic N) is 11. The number of aryl methyl sites for hydroxylation is 2. The van der Waals surface area contributed by atoms with Crippen molar-refractivity contribution in [1.82, 2.24) is 40.6 Å². The molecular formula is C28H29N11O3. The summed E-state index contributed by atoms with van der Waals surface area (Å²) in [7, 11) is 1.88. The van der Waals surface area contributed by atoms with E-state index >= 15 is 0 Å². The van der Waals surface area contributed by atoms with Gasteiger partial charge in [0.1, 0.15) is 11.5 Å². The monoisotopic (exact) mass is 567 g/mol. The molecule has 0 aliphatic heterocycles. The van der Waals surface area contributed by atoms with Crippen LogP contribution >= 0.6 is 0 Å². The first-order valence-corrected chi connectivity index (χ1v) is 13.0. The van der Waals surface area contributed by atoms with Crippen LogP contribution in [0, 0.1) is 13.8 Å². The van der Waals surface area contributed by atoms with Gasteiger partial charge in [0.05, 0.1) is 19.0 Å². The zero-order valence-corrected chi connectivity index (χ0v) is 23.2. The van der Waals surface area contributed by atoms with E-state index in [9.17, 15) is 15.3 Å². The first-order valence-electron chi connectivity index (χ1n) is 13.0. The minimum atomic E-state index is -0.598. The van der Waals surface area contributed by atoms with E-state index in [-0.39, 0.29) is 18.1 Å². The average Bonchev–Trinajstić information content (AvgIpc) is 3.60. The average molecular weight is 568 g/mol. The molecule has 0 unspecified atom stereocenters. The van der Waals surface area contributed by atoms with Gasteiger partial charge in [-0.2, -0.15) is 10.2 Å². The normalized spacial score (nSPS) is 11.7. The minimum absolute atomic E-state index is 0.00394. The molecule has 3 N–H and O–H groups in total. The number of aliphatic hydroxyl groups excluding tert-OH is 1. The van der Waals surface area contributed by atoms with Gasteiger partial charge < -0.3 is 20.2 Å². The van der Waals surface area contributed by atoms with Crippen LogP contribution in [0.25, 0.3) is 0 Å². The summed E-state index contributed by atoms with van der Waals surface area (Å²) in [6.07, 6.45) is 3.18. The lowest BCUT2D eigenvalue weighted by Crippen LogP contribution is -2.21. The maximum Gasteiger partial charge on any atom is 0.173 e. The Balaban J connectivity index is 1.63. The number of hydrogen-bond donors (Lipinski definition) is 3. The highest BCUT2D eigenvalue weighted by Crippen LogP contribution is 2.41. The van der Waals surface area contributed by atoms with Gasteiger partial charge in [0.25, 0.3) is 0 Å². The van der Waals surface area contributed by atoms with Gasteiger partial charge in [-0.25, -0.2) is 0 Å². The van der Waals surface area contributed by atoms with Crippen LogP contribution in [-0.2, 0) is 0 Å². The number of hydrogen-bond acceptors (Lipinski definition) is 12. The SMILES string of the molecule is Cc1nnnn1/N=C/c1ccc(O)c(C(c2cccc(N(C)CCO)c2)c2cc(/C=N/n3nnnc3C)ccc2O)c1. The lowest BCUT2D eigenvalue weighted by atomic mass is 9.82. The molecule has 5 aromatic rings. The molecule has 0 aliphatic carbocycles.